The van der Waals surface area contributed by atoms with Crippen molar-refractivity contribution in [2.24, 2.45) is 0 Å². The van der Waals surface area contributed by atoms with Crippen molar-refractivity contribution in [3.63, 3.8) is 0 Å². The van der Waals surface area contributed by atoms with Crippen molar-refractivity contribution >= 4 is 17.6 Å². The molecule has 0 bridgehead atoms. The first-order chi connectivity index (χ1) is 15.7. The predicted molar refractivity (Wildman–Crippen MR) is 117 cm³/mol. The van der Waals surface area contributed by atoms with Gasteiger partial charge in [-0.15, -0.1) is 0 Å². The highest BCUT2D eigenvalue weighted by Crippen LogP contribution is 2.31. The van der Waals surface area contributed by atoms with Crippen LogP contribution in [0.15, 0.2) is 52.9 Å². The van der Waals surface area contributed by atoms with Crippen LogP contribution in [0.5, 0.6) is 17.2 Å². The van der Waals surface area contributed by atoms with Gasteiger partial charge >= 0.3 is 5.97 Å². The number of esters is 1. The smallest absolute Gasteiger partial charge is 0.341 e. The van der Waals surface area contributed by atoms with E-state index in [4.69, 9.17) is 18.6 Å². The van der Waals surface area contributed by atoms with Gasteiger partial charge in [-0.3, -0.25) is 14.9 Å². The zero-order chi connectivity index (χ0) is 24.1. The summed E-state index contributed by atoms with van der Waals surface area (Å²) in [6, 6.07) is 12.0. The minimum absolute atomic E-state index is 0.000937. The molecule has 33 heavy (non-hydrogen) atoms. The van der Waals surface area contributed by atoms with Crippen LogP contribution in [0.3, 0.4) is 0 Å². The third kappa shape index (κ3) is 5.29. The normalized spacial score (nSPS) is 10.4. The summed E-state index contributed by atoms with van der Waals surface area (Å²) >= 11 is 0. The number of carbonyl (C=O) groups is 2. The Bertz CT molecular complexity index is 1180. The van der Waals surface area contributed by atoms with Gasteiger partial charge in [-0.2, -0.15) is 0 Å². The molecule has 0 fully saturated rings. The maximum Gasteiger partial charge on any atom is 0.341 e. The van der Waals surface area contributed by atoms with Crippen molar-refractivity contribution in [2.75, 3.05) is 21.3 Å². The molecule has 1 heterocycles. The summed E-state index contributed by atoms with van der Waals surface area (Å²) in [5.74, 6) is 0.825. The highest BCUT2D eigenvalue weighted by atomic mass is 16.6. The number of non-ortho nitro benzene ring substituents is 1. The number of furan rings is 1. The molecule has 10 nitrogen and oxygen atoms in total. The zero-order valence-electron chi connectivity index (χ0n) is 18.5. The van der Waals surface area contributed by atoms with Crippen molar-refractivity contribution < 1.29 is 33.1 Å². The molecule has 1 amide bonds. The number of hydrogen-bond acceptors (Lipinski definition) is 8. The molecule has 0 aliphatic carbocycles. The summed E-state index contributed by atoms with van der Waals surface area (Å²) in [6.45, 7) is 1.63. The fourth-order valence-electron chi connectivity index (χ4n) is 3.10. The van der Waals surface area contributed by atoms with Crippen molar-refractivity contribution in [2.45, 2.75) is 13.5 Å². The summed E-state index contributed by atoms with van der Waals surface area (Å²) in [5.41, 5.74) is 0.00173. The molecule has 0 atom stereocenters. The van der Waals surface area contributed by atoms with Gasteiger partial charge in [0, 0.05) is 19.2 Å². The Labute approximate surface area is 189 Å². The van der Waals surface area contributed by atoms with E-state index in [1.165, 1.54) is 44.4 Å². The van der Waals surface area contributed by atoms with Gasteiger partial charge in [0.2, 0.25) is 0 Å². The molecule has 0 aliphatic heterocycles. The maximum absolute atomic E-state index is 13.2. The number of ether oxygens (including phenoxy) is 3. The van der Waals surface area contributed by atoms with Crippen LogP contribution in [-0.4, -0.2) is 43.0 Å². The van der Waals surface area contributed by atoms with Crippen LogP contribution in [0.2, 0.25) is 0 Å². The maximum atomic E-state index is 13.2. The average molecular weight is 454 g/mol. The van der Waals surface area contributed by atoms with E-state index in [-0.39, 0.29) is 29.1 Å². The van der Waals surface area contributed by atoms with E-state index in [0.717, 1.165) is 6.07 Å². The fraction of sp³-hybridized carbons (Fsp3) is 0.217. The van der Waals surface area contributed by atoms with Crippen molar-refractivity contribution in [3.8, 4) is 17.2 Å². The number of aryl methyl sites for hydroxylation is 1. The van der Waals surface area contributed by atoms with E-state index < -0.39 is 16.8 Å². The largest absolute Gasteiger partial charge is 0.497 e. The fourth-order valence-corrected chi connectivity index (χ4v) is 3.10. The SMILES string of the molecule is COC(=O)c1cc(CN(C)C(=O)c2cc([N+](=O)[O-])ccc2Oc2ccc(OC)cc2)oc1C. The number of nitro groups is 1. The number of carbonyl (C=O) groups excluding carboxylic acids is 2. The van der Waals surface area contributed by atoms with Crippen LogP contribution in [-0.2, 0) is 11.3 Å². The Balaban J connectivity index is 1.88. The third-order valence-corrected chi connectivity index (χ3v) is 4.81. The summed E-state index contributed by atoms with van der Waals surface area (Å²) < 4.78 is 21.2. The zero-order valence-corrected chi connectivity index (χ0v) is 18.5. The molecule has 0 N–H and O–H groups in total. The average Bonchev–Trinajstić information content (AvgIpc) is 3.18. The highest BCUT2D eigenvalue weighted by Gasteiger charge is 2.23. The molecule has 2 aromatic carbocycles. The molecule has 0 saturated heterocycles. The van der Waals surface area contributed by atoms with E-state index >= 15 is 0 Å². The molecule has 3 aromatic rings. The van der Waals surface area contributed by atoms with Crippen LogP contribution in [0, 0.1) is 17.0 Å². The van der Waals surface area contributed by atoms with E-state index in [0.29, 0.717) is 23.0 Å². The molecule has 0 spiro atoms. The second kappa shape index (κ2) is 9.86. The molecule has 0 aliphatic rings. The Morgan fingerprint density at radius 2 is 1.70 bits per heavy atom. The number of nitro benzene ring substituents is 1. The molecule has 0 unspecified atom stereocenters. The van der Waals surface area contributed by atoms with E-state index in [1.807, 2.05) is 0 Å². The minimum atomic E-state index is -0.591. The molecular formula is C23H22N2O8. The molecule has 3 rings (SSSR count). The lowest BCUT2D eigenvalue weighted by Gasteiger charge is -2.18. The van der Waals surface area contributed by atoms with Crippen LogP contribution in [0.1, 0.15) is 32.2 Å². The van der Waals surface area contributed by atoms with E-state index in [9.17, 15) is 19.7 Å². The van der Waals surface area contributed by atoms with E-state index in [1.54, 1.807) is 31.2 Å². The summed E-state index contributed by atoms with van der Waals surface area (Å²) in [4.78, 5) is 37.0. The van der Waals surface area contributed by atoms with Crippen molar-refractivity contribution in [3.05, 3.63) is 81.3 Å². The topological polar surface area (TPSA) is 121 Å². The number of methoxy groups -OCH3 is 2. The standard InChI is InChI=1S/C23H22N2O8/c1-14-19(23(27)31-4)12-18(32-14)13-24(2)22(26)20-11-15(25(28)29)5-10-21(20)33-17-8-6-16(30-3)7-9-17/h5-12H,13H2,1-4H3. The van der Waals surface area contributed by atoms with E-state index in [2.05, 4.69) is 0 Å². The first-order valence-electron chi connectivity index (χ1n) is 9.77. The quantitative estimate of drug-likeness (QED) is 0.280. The Hall–Kier alpha value is -4.34. The van der Waals surface area contributed by atoms with Gasteiger partial charge in [-0.05, 0) is 43.3 Å². The van der Waals surface area contributed by atoms with Crippen LogP contribution in [0.4, 0.5) is 5.69 Å². The summed E-state index contributed by atoms with van der Waals surface area (Å²) in [6.07, 6.45) is 0. The van der Waals surface area contributed by atoms with Crippen LogP contribution in [0.25, 0.3) is 0 Å². The molecule has 0 radical (unpaired) electrons. The predicted octanol–water partition coefficient (Wildman–Crippen LogP) is 4.36. The van der Waals surface area contributed by atoms with Gasteiger partial charge in [0.25, 0.3) is 11.6 Å². The highest BCUT2D eigenvalue weighted by molar-refractivity contribution is 5.97. The monoisotopic (exact) mass is 454 g/mol. The summed E-state index contributed by atoms with van der Waals surface area (Å²) in [7, 11) is 4.30. The third-order valence-electron chi connectivity index (χ3n) is 4.81. The van der Waals surface area contributed by atoms with Gasteiger partial charge in [0.05, 0.1) is 31.3 Å². The summed E-state index contributed by atoms with van der Waals surface area (Å²) in [5, 5.41) is 11.3. The molecular weight excluding hydrogens is 432 g/mol. The lowest BCUT2D eigenvalue weighted by molar-refractivity contribution is -0.384. The Morgan fingerprint density at radius 3 is 2.30 bits per heavy atom. The minimum Gasteiger partial charge on any atom is -0.497 e. The van der Waals surface area contributed by atoms with Crippen LogP contribution < -0.4 is 9.47 Å². The Kier molecular flexibility index (Phi) is 6.97. The molecule has 172 valence electrons. The first kappa shape index (κ1) is 23.3. The van der Waals surface area contributed by atoms with Crippen molar-refractivity contribution in [1.82, 2.24) is 4.90 Å². The van der Waals surface area contributed by atoms with Crippen LogP contribution >= 0.6 is 0 Å². The molecule has 1 aromatic heterocycles. The lowest BCUT2D eigenvalue weighted by Crippen LogP contribution is -2.26. The van der Waals surface area contributed by atoms with Gasteiger partial charge in [0.15, 0.2) is 0 Å². The second-order valence-electron chi connectivity index (χ2n) is 7.05. The number of benzene rings is 2. The van der Waals surface area contributed by atoms with Gasteiger partial charge in [-0.1, -0.05) is 0 Å². The van der Waals surface area contributed by atoms with Crippen molar-refractivity contribution in [1.29, 1.82) is 0 Å². The number of rotatable bonds is 8. The number of amides is 1. The molecule has 10 heteroatoms. The molecule has 0 saturated carbocycles. The van der Waals surface area contributed by atoms with Gasteiger partial charge < -0.3 is 23.5 Å². The second-order valence-corrected chi connectivity index (χ2v) is 7.05. The van der Waals surface area contributed by atoms with Gasteiger partial charge in [0.1, 0.15) is 34.3 Å². The Morgan fingerprint density at radius 1 is 1.03 bits per heavy atom. The number of nitrogens with zero attached hydrogens (tertiary/aromatic N) is 2. The van der Waals surface area contributed by atoms with Gasteiger partial charge in [-0.25, -0.2) is 4.79 Å². The lowest BCUT2D eigenvalue weighted by atomic mass is 10.1. The number of hydrogen-bond donors (Lipinski definition) is 0. The first-order valence-corrected chi connectivity index (χ1v) is 9.77.